The number of piperidine rings is 1. The van der Waals surface area contributed by atoms with Gasteiger partial charge in [-0.25, -0.2) is 0 Å². The molecular weight excluding hydrogens is 396 g/mol. The molecule has 7 nitrogen and oxygen atoms in total. The number of nitrogens with zero attached hydrogens (tertiary/aromatic N) is 1. The minimum Gasteiger partial charge on any atom is -0.496 e. The Morgan fingerprint density at radius 3 is 2.23 bits per heavy atom. The topological polar surface area (TPSA) is 77.1 Å². The van der Waals surface area contributed by atoms with Gasteiger partial charge in [0.25, 0.3) is 5.91 Å². The molecule has 3 rings (SSSR count). The Balaban J connectivity index is 1.42. The second kappa shape index (κ2) is 11.2. The van der Waals surface area contributed by atoms with Crippen molar-refractivity contribution in [3.63, 3.8) is 0 Å². The zero-order chi connectivity index (χ0) is 22.1. The number of benzene rings is 2. The van der Waals surface area contributed by atoms with Crippen LogP contribution in [0.3, 0.4) is 0 Å². The third-order valence-corrected chi connectivity index (χ3v) is 5.38. The molecule has 1 aliphatic rings. The van der Waals surface area contributed by atoms with E-state index in [1.165, 1.54) is 14.2 Å². The van der Waals surface area contributed by atoms with E-state index in [0.29, 0.717) is 49.6 Å². The van der Waals surface area contributed by atoms with E-state index in [0.717, 1.165) is 18.6 Å². The number of hydrogen-bond acceptors (Lipinski definition) is 5. The summed E-state index contributed by atoms with van der Waals surface area (Å²) in [6.45, 7) is 1.78. The fraction of sp³-hybridized carbons (Fsp3) is 0.417. The Labute approximate surface area is 183 Å². The summed E-state index contributed by atoms with van der Waals surface area (Å²) < 4.78 is 16.3. The molecule has 0 saturated carbocycles. The number of rotatable bonds is 9. The van der Waals surface area contributed by atoms with Crippen molar-refractivity contribution in [2.75, 3.05) is 33.9 Å². The van der Waals surface area contributed by atoms with Gasteiger partial charge in [-0.2, -0.15) is 0 Å². The lowest BCUT2D eigenvalue weighted by molar-refractivity contribution is -0.132. The second-order valence-corrected chi connectivity index (χ2v) is 7.43. The predicted octanol–water partition coefficient (Wildman–Crippen LogP) is 3.28. The Morgan fingerprint density at radius 2 is 1.61 bits per heavy atom. The largest absolute Gasteiger partial charge is 0.496 e. The Bertz CT molecular complexity index is 841. The Kier molecular flexibility index (Phi) is 8.15. The first kappa shape index (κ1) is 22.5. The van der Waals surface area contributed by atoms with Gasteiger partial charge in [0.05, 0.1) is 20.8 Å². The number of likely N-dealkylation sites (tertiary alicyclic amines) is 1. The van der Waals surface area contributed by atoms with Crippen molar-refractivity contribution in [1.29, 1.82) is 0 Å². The first-order valence-corrected chi connectivity index (χ1v) is 10.6. The third-order valence-electron chi connectivity index (χ3n) is 5.38. The van der Waals surface area contributed by atoms with Gasteiger partial charge in [0.15, 0.2) is 0 Å². The molecule has 0 unspecified atom stereocenters. The van der Waals surface area contributed by atoms with Gasteiger partial charge in [-0.15, -0.1) is 0 Å². The lowest BCUT2D eigenvalue weighted by Crippen LogP contribution is -2.46. The van der Waals surface area contributed by atoms with Gasteiger partial charge in [0.2, 0.25) is 5.91 Å². The number of carbonyl (C=O) groups is 2. The smallest absolute Gasteiger partial charge is 0.259 e. The fourth-order valence-electron chi connectivity index (χ4n) is 3.69. The van der Waals surface area contributed by atoms with Crippen LogP contribution in [-0.4, -0.2) is 56.7 Å². The number of para-hydroxylation sites is 1. The Hall–Kier alpha value is -3.22. The van der Waals surface area contributed by atoms with Gasteiger partial charge in [-0.1, -0.05) is 24.3 Å². The van der Waals surface area contributed by atoms with Crippen molar-refractivity contribution in [2.24, 2.45) is 0 Å². The summed E-state index contributed by atoms with van der Waals surface area (Å²) in [5.41, 5.74) is 0.393. The quantitative estimate of drug-likeness (QED) is 0.623. The van der Waals surface area contributed by atoms with Crippen molar-refractivity contribution in [1.82, 2.24) is 10.2 Å². The number of carbonyl (C=O) groups excluding carboxylic acids is 2. The van der Waals surface area contributed by atoms with Gasteiger partial charge in [-0.3, -0.25) is 9.59 Å². The van der Waals surface area contributed by atoms with Crippen LogP contribution < -0.4 is 19.5 Å². The van der Waals surface area contributed by atoms with Gasteiger partial charge in [-0.05, 0) is 43.5 Å². The SMILES string of the molecule is COc1cccc(OC)c1C(=O)NC1CCN(C(=O)CCCOc2ccccc2)CC1. The van der Waals surface area contributed by atoms with E-state index < -0.39 is 0 Å². The molecule has 0 aliphatic carbocycles. The number of amides is 2. The van der Waals surface area contributed by atoms with Gasteiger partial charge in [0, 0.05) is 25.6 Å². The molecule has 166 valence electrons. The van der Waals surface area contributed by atoms with Crippen molar-refractivity contribution in [3.8, 4) is 17.2 Å². The molecule has 0 bridgehead atoms. The van der Waals surface area contributed by atoms with Crippen LogP contribution in [0.15, 0.2) is 48.5 Å². The molecule has 0 spiro atoms. The van der Waals surface area contributed by atoms with Crippen LogP contribution in [0.2, 0.25) is 0 Å². The van der Waals surface area contributed by atoms with Crippen LogP contribution in [0.25, 0.3) is 0 Å². The molecule has 1 heterocycles. The number of hydrogen-bond donors (Lipinski definition) is 1. The average Bonchev–Trinajstić information content (AvgIpc) is 2.82. The molecule has 1 saturated heterocycles. The zero-order valence-electron chi connectivity index (χ0n) is 18.1. The van der Waals surface area contributed by atoms with Crippen LogP contribution >= 0.6 is 0 Å². The van der Waals surface area contributed by atoms with E-state index in [-0.39, 0.29) is 17.9 Å². The molecule has 31 heavy (non-hydrogen) atoms. The molecule has 2 aromatic rings. The summed E-state index contributed by atoms with van der Waals surface area (Å²) in [5, 5.41) is 3.06. The highest BCUT2D eigenvalue weighted by Crippen LogP contribution is 2.28. The molecule has 0 aromatic heterocycles. The highest BCUT2D eigenvalue weighted by Gasteiger charge is 2.26. The van der Waals surface area contributed by atoms with E-state index in [2.05, 4.69) is 5.32 Å². The lowest BCUT2D eigenvalue weighted by atomic mass is 10.0. The molecule has 7 heteroatoms. The summed E-state index contributed by atoms with van der Waals surface area (Å²) in [5.74, 6) is 1.67. The van der Waals surface area contributed by atoms with Crippen molar-refractivity contribution in [3.05, 3.63) is 54.1 Å². The number of ether oxygens (including phenoxy) is 3. The lowest BCUT2D eigenvalue weighted by Gasteiger charge is -2.32. The van der Waals surface area contributed by atoms with Gasteiger partial charge < -0.3 is 24.4 Å². The standard InChI is InChI=1S/C24H30N2O5/c1-29-20-10-6-11-21(30-2)23(20)24(28)25-18-13-15-26(16-14-18)22(27)12-7-17-31-19-8-4-3-5-9-19/h3-6,8-11,18H,7,12-17H2,1-2H3,(H,25,28). The second-order valence-electron chi connectivity index (χ2n) is 7.43. The molecular formula is C24H30N2O5. The third kappa shape index (κ3) is 6.13. The summed E-state index contributed by atoms with van der Waals surface area (Å²) in [6, 6.07) is 14.9. The molecule has 1 aliphatic heterocycles. The summed E-state index contributed by atoms with van der Waals surface area (Å²) in [7, 11) is 3.06. The van der Waals surface area contributed by atoms with Crippen molar-refractivity contribution >= 4 is 11.8 Å². The van der Waals surface area contributed by atoms with Crippen LogP contribution in [0.1, 0.15) is 36.0 Å². The van der Waals surface area contributed by atoms with E-state index in [1.54, 1.807) is 18.2 Å². The zero-order valence-corrected chi connectivity index (χ0v) is 18.1. The maximum atomic E-state index is 12.8. The normalized spacial score (nSPS) is 14.1. The summed E-state index contributed by atoms with van der Waals surface area (Å²) in [4.78, 5) is 27.2. The predicted molar refractivity (Wildman–Crippen MR) is 118 cm³/mol. The monoisotopic (exact) mass is 426 g/mol. The van der Waals surface area contributed by atoms with Crippen LogP contribution in [0, 0.1) is 0 Å². The van der Waals surface area contributed by atoms with Crippen molar-refractivity contribution in [2.45, 2.75) is 31.7 Å². The van der Waals surface area contributed by atoms with Gasteiger partial charge in [0.1, 0.15) is 22.8 Å². The van der Waals surface area contributed by atoms with E-state index in [4.69, 9.17) is 14.2 Å². The van der Waals surface area contributed by atoms with Crippen LogP contribution in [0.4, 0.5) is 0 Å². The first-order chi connectivity index (χ1) is 15.1. The van der Waals surface area contributed by atoms with Gasteiger partial charge >= 0.3 is 0 Å². The first-order valence-electron chi connectivity index (χ1n) is 10.6. The number of methoxy groups -OCH3 is 2. The molecule has 0 radical (unpaired) electrons. The van der Waals surface area contributed by atoms with E-state index in [1.807, 2.05) is 35.2 Å². The summed E-state index contributed by atoms with van der Waals surface area (Å²) in [6.07, 6.45) is 2.57. The summed E-state index contributed by atoms with van der Waals surface area (Å²) >= 11 is 0. The molecule has 1 fully saturated rings. The molecule has 0 atom stereocenters. The maximum absolute atomic E-state index is 12.8. The molecule has 2 amide bonds. The fourth-order valence-corrected chi connectivity index (χ4v) is 3.69. The van der Waals surface area contributed by atoms with Crippen LogP contribution in [0.5, 0.6) is 17.2 Å². The molecule has 2 aromatic carbocycles. The molecule has 1 N–H and O–H groups in total. The van der Waals surface area contributed by atoms with E-state index >= 15 is 0 Å². The minimum atomic E-state index is -0.225. The maximum Gasteiger partial charge on any atom is 0.259 e. The van der Waals surface area contributed by atoms with Crippen molar-refractivity contribution < 1.29 is 23.8 Å². The van der Waals surface area contributed by atoms with Crippen LogP contribution in [-0.2, 0) is 4.79 Å². The highest BCUT2D eigenvalue weighted by atomic mass is 16.5. The average molecular weight is 427 g/mol. The number of nitrogens with one attached hydrogen (secondary N) is 1. The highest BCUT2D eigenvalue weighted by molar-refractivity contribution is 5.99. The van der Waals surface area contributed by atoms with E-state index in [9.17, 15) is 9.59 Å². The minimum absolute atomic E-state index is 0.00702. The Morgan fingerprint density at radius 1 is 0.968 bits per heavy atom.